The first-order valence-corrected chi connectivity index (χ1v) is 1.97. The molecule has 4 nitrogen and oxygen atoms in total. The van der Waals surface area contributed by atoms with E-state index in [1.807, 2.05) is 0 Å². The standard InChI is InChI=1S/C3H6N2O2/c4-2-1-5(7)3(2)6/h2,7H,1,4H2/t2-/m0/s1. The van der Waals surface area contributed by atoms with Crippen molar-refractivity contribution in [3.05, 3.63) is 0 Å². The Morgan fingerprint density at radius 3 is 2.57 bits per heavy atom. The molecule has 0 aromatic carbocycles. The molecule has 1 amide bonds. The maximum absolute atomic E-state index is 10.1. The van der Waals surface area contributed by atoms with Gasteiger partial charge < -0.3 is 5.73 Å². The second-order valence-electron chi connectivity index (χ2n) is 1.53. The average molecular weight is 102 g/mol. The van der Waals surface area contributed by atoms with Gasteiger partial charge >= 0.3 is 0 Å². The molecule has 0 bridgehead atoms. The van der Waals surface area contributed by atoms with Crippen LogP contribution in [-0.2, 0) is 4.79 Å². The number of nitrogens with zero attached hydrogens (tertiary/aromatic N) is 1. The van der Waals surface area contributed by atoms with Crippen LogP contribution in [0.4, 0.5) is 0 Å². The van der Waals surface area contributed by atoms with Gasteiger partial charge in [0.2, 0.25) is 0 Å². The third kappa shape index (κ3) is 0.477. The Balaban J connectivity index is 2.44. The normalized spacial score (nSPS) is 30.3. The van der Waals surface area contributed by atoms with Gasteiger partial charge in [-0.1, -0.05) is 0 Å². The summed E-state index contributed by atoms with van der Waals surface area (Å²) in [7, 11) is 0. The SMILES string of the molecule is N[C@H]1CN(O)C1=O. The molecular weight excluding hydrogens is 96.0 g/mol. The predicted molar refractivity (Wildman–Crippen MR) is 21.5 cm³/mol. The summed E-state index contributed by atoms with van der Waals surface area (Å²) >= 11 is 0. The minimum atomic E-state index is -0.454. The van der Waals surface area contributed by atoms with Crippen molar-refractivity contribution < 1.29 is 10.0 Å². The van der Waals surface area contributed by atoms with Crippen LogP contribution in [0.25, 0.3) is 0 Å². The van der Waals surface area contributed by atoms with Gasteiger partial charge in [-0.3, -0.25) is 10.0 Å². The van der Waals surface area contributed by atoms with E-state index in [1.54, 1.807) is 0 Å². The third-order valence-corrected chi connectivity index (χ3v) is 0.941. The first-order valence-electron chi connectivity index (χ1n) is 1.97. The van der Waals surface area contributed by atoms with Gasteiger partial charge in [0, 0.05) is 0 Å². The summed E-state index contributed by atoms with van der Waals surface area (Å²) in [5, 5.41) is 8.89. The highest BCUT2D eigenvalue weighted by atomic mass is 16.5. The van der Waals surface area contributed by atoms with E-state index < -0.39 is 6.04 Å². The zero-order valence-corrected chi connectivity index (χ0v) is 3.66. The number of hydrogen-bond acceptors (Lipinski definition) is 3. The van der Waals surface area contributed by atoms with Crippen LogP contribution >= 0.6 is 0 Å². The van der Waals surface area contributed by atoms with Crippen LogP contribution in [0, 0.1) is 0 Å². The highest BCUT2D eigenvalue weighted by Crippen LogP contribution is 2.01. The number of carbonyl (C=O) groups is 1. The number of hydroxylamine groups is 2. The first kappa shape index (κ1) is 4.55. The van der Waals surface area contributed by atoms with Crippen molar-refractivity contribution in [1.82, 2.24) is 5.06 Å². The number of carbonyl (C=O) groups excluding carboxylic acids is 1. The van der Waals surface area contributed by atoms with E-state index in [-0.39, 0.29) is 12.5 Å². The van der Waals surface area contributed by atoms with Crippen LogP contribution in [0.3, 0.4) is 0 Å². The molecule has 0 aromatic rings. The minimum Gasteiger partial charge on any atom is -0.318 e. The van der Waals surface area contributed by atoms with Gasteiger partial charge in [0.15, 0.2) is 0 Å². The molecule has 1 atom stereocenters. The molecule has 1 heterocycles. The van der Waals surface area contributed by atoms with Crippen molar-refractivity contribution in [1.29, 1.82) is 0 Å². The van der Waals surface area contributed by atoms with Gasteiger partial charge in [-0.15, -0.1) is 0 Å². The van der Waals surface area contributed by atoms with E-state index >= 15 is 0 Å². The monoisotopic (exact) mass is 102 g/mol. The third-order valence-electron chi connectivity index (χ3n) is 0.941. The van der Waals surface area contributed by atoms with Crippen LogP contribution in [0.1, 0.15) is 0 Å². The fourth-order valence-electron chi connectivity index (χ4n) is 0.433. The summed E-state index contributed by atoms with van der Waals surface area (Å²) in [5.74, 6) is -0.389. The lowest BCUT2D eigenvalue weighted by Gasteiger charge is -2.29. The molecule has 4 heteroatoms. The van der Waals surface area contributed by atoms with Gasteiger partial charge in [0.25, 0.3) is 5.91 Å². The molecule has 1 aliphatic rings. The molecule has 3 N–H and O–H groups in total. The molecule has 1 aliphatic heterocycles. The van der Waals surface area contributed by atoms with Gasteiger partial charge in [-0.05, 0) is 0 Å². The Bertz CT molecular complexity index is 93.1. The average Bonchev–Trinajstić information content (AvgIpc) is 1.68. The smallest absolute Gasteiger partial charge is 0.264 e. The molecule has 0 spiro atoms. The lowest BCUT2D eigenvalue weighted by Crippen LogP contribution is -2.59. The number of amides is 1. The van der Waals surface area contributed by atoms with E-state index in [4.69, 9.17) is 10.9 Å². The van der Waals surface area contributed by atoms with Gasteiger partial charge in [-0.25, -0.2) is 5.06 Å². The summed E-state index contributed by atoms with van der Waals surface area (Å²) in [4.78, 5) is 10.1. The molecule has 0 unspecified atom stereocenters. The number of hydrogen-bond donors (Lipinski definition) is 2. The van der Waals surface area contributed by atoms with Gasteiger partial charge in [-0.2, -0.15) is 0 Å². The molecule has 0 aliphatic carbocycles. The number of nitrogens with two attached hydrogens (primary N) is 1. The first-order chi connectivity index (χ1) is 3.22. The lowest BCUT2D eigenvalue weighted by molar-refractivity contribution is -0.188. The fraction of sp³-hybridized carbons (Fsp3) is 0.667. The van der Waals surface area contributed by atoms with E-state index in [0.29, 0.717) is 5.06 Å². The topological polar surface area (TPSA) is 66.6 Å². The maximum Gasteiger partial charge on any atom is 0.264 e. The quantitative estimate of drug-likeness (QED) is 0.290. The molecule has 7 heavy (non-hydrogen) atoms. The summed E-state index contributed by atoms with van der Waals surface area (Å²) in [5.41, 5.74) is 5.06. The molecule has 0 saturated carbocycles. The van der Waals surface area contributed by atoms with Crippen molar-refractivity contribution in [3.8, 4) is 0 Å². The molecule has 0 radical (unpaired) electrons. The molecule has 1 fully saturated rings. The Hall–Kier alpha value is -0.610. The zero-order chi connectivity index (χ0) is 5.44. The molecule has 40 valence electrons. The minimum absolute atomic E-state index is 0.277. The number of β-lactam (4-membered cyclic amide) rings is 1. The summed E-state index contributed by atoms with van der Waals surface area (Å²) in [6.07, 6.45) is 0. The number of rotatable bonds is 0. The van der Waals surface area contributed by atoms with E-state index in [0.717, 1.165) is 0 Å². The van der Waals surface area contributed by atoms with Crippen LogP contribution < -0.4 is 5.73 Å². The van der Waals surface area contributed by atoms with Crippen LogP contribution in [0.5, 0.6) is 0 Å². The van der Waals surface area contributed by atoms with Crippen molar-refractivity contribution in [2.45, 2.75) is 6.04 Å². The van der Waals surface area contributed by atoms with Crippen molar-refractivity contribution in [2.24, 2.45) is 5.73 Å². The fourth-order valence-corrected chi connectivity index (χ4v) is 0.433. The summed E-state index contributed by atoms with van der Waals surface area (Å²) < 4.78 is 0. The Morgan fingerprint density at radius 2 is 2.57 bits per heavy atom. The predicted octanol–water partition coefficient (Wildman–Crippen LogP) is -1.45. The van der Waals surface area contributed by atoms with Gasteiger partial charge in [0.1, 0.15) is 6.04 Å². The summed E-state index contributed by atoms with van der Waals surface area (Å²) in [6, 6.07) is -0.454. The van der Waals surface area contributed by atoms with E-state index in [2.05, 4.69) is 0 Å². The van der Waals surface area contributed by atoms with Crippen molar-refractivity contribution in [3.63, 3.8) is 0 Å². The maximum atomic E-state index is 10.1. The molecule has 1 rings (SSSR count). The Kier molecular flexibility index (Phi) is 0.765. The van der Waals surface area contributed by atoms with E-state index in [9.17, 15) is 4.79 Å². The molecular formula is C3H6N2O2. The lowest BCUT2D eigenvalue weighted by atomic mass is 10.2. The van der Waals surface area contributed by atoms with Crippen molar-refractivity contribution >= 4 is 5.91 Å². The summed E-state index contributed by atoms with van der Waals surface area (Å²) in [6.45, 7) is 0.277. The molecule has 0 aromatic heterocycles. The second kappa shape index (κ2) is 1.18. The Morgan fingerprint density at radius 1 is 2.00 bits per heavy atom. The highest BCUT2D eigenvalue weighted by molar-refractivity contribution is 5.86. The Labute approximate surface area is 40.5 Å². The van der Waals surface area contributed by atoms with Gasteiger partial charge in [0.05, 0.1) is 6.54 Å². The van der Waals surface area contributed by atoms with Crippen LogP contribution in [0.15, 0.2) is 0 Å². The second-order valence-corrected chi connectivity index (χ2v) is 1.53. The van der Waals surface area contributed by atoms with Crippen LogP contribution in [-0.4, -0.2) is 28.8 Å². The largest absolute Gasteiger partial charge is 0.318 e. The zero-order valence-electron chi connectivity index (χ0n) is 3.66. The molecule has 1 saturated heterocycles. The van der Waals surface area contributed by atoms with Crippen molar-refractivity contribution in [2.75, 3.05) is 6.54 Å². The van der Waals surface area contributed by atoms with E-state index in [1.165, 1.54) is 0 Å². The highest BCUT2D eigenvalue weighted by Gasteiger charge is 2.31. The van der Waals surface area contributed by atoms with Crippen LogP contribution in [0.2, 0.25) is 0 Å².